The molecule has 2 rings (SSSR count). The predicted octanol–water partition coefficient (Wildman–Crippen LogP) is 1.36. The first-order valence-electron chi connectivity index (χ1n) is 10.0. The second kappa shape index (κ2) is 12.0. The Balaban J connectivity index is 2.02. The van der Waals surface area contributed by atoms with Crippen LogP contribution in [-0.4, -0.2) is 48.7 Å². The lowest BCUT2D eigenvalue weighted by atomic mass is 9.94. The molecule has 0 fully saturated rings. The zero-order valence-electron chi connectivity index (χ0n) is 16.8. The minimum Gasteiger partial charge on any atom is -0.464 e. The highest BCUT2D eigenvalue weighted by atomic mass is 16.5. The van der Waals surface area contributed by atoms with E-state index in [1.165, 1.54) is 0 Å². The number of hydrogen-bond donors (Lipinski definition) is 3. The Kier molecular flexibility index (Phi) is 9.37. The number of aliphatic hydroxyl groups excluding tert-OH is 1. The van der Waals surface area contributed by atoms with Crippen LogP contribution in [0.1, 0.15) is 31.7 Å². The molecule has 2 amide bonds. The average molecular weight is 402 g/mol. The standard InChI is InChI=1S/C22H30N2O5/c1-16(15-25)24-20(26)14-18-9-5-6-10-19(13-17-7-3-2-4-8-17)22(28)29-12-11-23-21(18)27/h2-8,16,18-19,25H,9-15H2,1H3,(H,23,27)(H,24,26)/t16-,18+,19+/m0/s1. The molecular weight excluding hydrogens is 372 g/mol. The summed E-state index contributed by atoms with van der Waals surface area (Å²) in [5, 5.41) is 14.4. The zero-order valence-corrected chi connectivity index (χ0v) is 16.8. The van der Waals surface area contributed by atoms with Crippen LogP contribution in [0.3, 0.4) is 0 Å². The van der Waals surface area contributed by atoms with Gasteiger partial charge in [-0.05, 0) is 31.7 Å². The molecule has 1 aromatic carbocycles. The summed E-state index contributed by atoms with van der Waals surface area (Å²) >= 11 is 0. The largest absolute Gasteiger partial charge is 0.464 e. The van der Waals surface area contributed by atoms with Gasteiger partial charge in [-0.3, -0.25) is 14.4 Å². The van der Waals surface area contributed by atoms with Crippen molar-refractivity contribution >= 4 is 17.8 Å². The number of cyclic esters (lactones) is 1. The second-order valence-corrected chi connectivity index (χ2v) is 7.34. The van der Waals surface area contributed by atoms with Crippen LogP contribution in [0.5, 0.6) is 0 Å². The third-order valence-corrected chi connectivity index (χ3v) is 4.80. The normalized spacial score (nSPS) is 21.9. The van der Waals surface area contributed by atoms with Crippen molar-refractivity contribution in [3.63, 3.8) is 0 Å². The van der Waals surface area contributed by atoms with Crippen molar-refractivity contribution in [1.82, 2.24) is 10.6 Å². The first-order chi connectivity index (χ1) is 14.0. The molecule has 0 unspecified atom stereocenters. The molecule has 0 spiro atoms. The lowest BCUT2D eigenvalue weighted by Crippen LogP contribution is -2.40. The van der Waals surface area contributed by atoms with E-state index in [0.29, 0.717) is 19.3 Å². The zero-order chi connectivity index (χ0) is 21.1. The van der Waals surface area contributed by atoms with Gasteiger partial charge in [-0.1, -0.05) is 42.5 Å². The molecule has 0 radical (unpaired) electrons. The lowest BCUT2D eigenvalue weighted by molar-refractivity contribution is -0.148. The summed E-state index contributed by atoms with van der Waals surface area (Å²) in [7, 11) is 0. The van der Waals surface area contributed by atoms with Crippen molar-refractivity contribution in [2.75, 3.05) is 19.8 Å². The highest BCUT2D eigenvalue weighted by Gasteiger charge is 2.23. The first-order valence-corrected chi connectivity index (χ1v) is 10.0. The van der Waals surface area contributed by atoms with Crippen molar-refractivity contribution < 1.29 is 24.2 Å². The molecule has 1 aromatic rings. The molecule has 1 aliphatic rings. The molecule has 0 aromatic heterocycles. The number of nitrogens with one attached hydrogen (secondary N) is 2. The Hall–Kier alpha value is -2.67. The van der Waals surface area contributed by atoms with E-state index in [2.05, 4.69) is 10.6 Å². The van der Waals surface area contributed by atoms with Crippen molar-refractivity contribution in [2.45, 2.75) is 38.6 Å². The number of rotatable bonds is 6. The smallest absolute Gasteiger partial charge is 0.309 e. The lowest BCUT2D eigenvalue weighted by Gasteiger charge is -2.19. The fraction of sp³-hybridized carbons (Fsp3) is 0.500. The number of carbonyl (C=O) groups is 3. The van der Waals surface area contributed by atoms with Crippen molar-refractivity contribution in [3.8, 4) is 0 Å². The number of carbonyl (C=O) groups excluding carboxylic acids is 3. The summed E-state index contributed by atoms with van der Waals surface area (Å²) in [6.07, 6.45) is 5.26. The molecule has 7 nitrogen and oxygen atoms in total. The highest BCUT2D eigenvalue weighted by Crippen LogP contribution is 2.17. The molecule has 3 N–H and O–H groups in total. The van der Waals surface area contributed by atoms with Crippen LogP contribution in [0, 0.1) is 11.8 Å². The SMILES string of the molecule is C[C@@H](CO)NC(=O)C[C@H]1CC=CC[C@H](Cc2ccccc2)C(=O)OCCNC1=O. The summed E-state index contributed by atoms with van der Waals surface area (Å²) in [6.45, 7) is 1.84. The van der Waals surface area contributed by atoms with E-state index in [9.17, 15) is 14.4 Å². The van der Waals surface area contributed by atoms with Gasteiger partial charge in [0.2, 0.25) is 11.8 Å². The van der Waals surface area contributed by atoms with E-state index in [-0.39, 0.29) is 55.9 Å². The van der Waals surface area contributed by atoms with Crippen LogP contribution in [0.2, 0.25) is 0 Å². The number of allylic oxidation sites excluding steroid dienone is 2. The summed E-state index contributed by atoms with van der Waals surface area (Å²) in [6, 6.07) is 9.42. The number of benzene rings is 1. The molecule has 158 valence electrons. The van der Waals surface area contributed by atoms with Crippen molar-refractivity contribution in [3.05, 3.63) is 48.0 Å². The van der Waals surface area contributed by atoms with Crippen molar-refractivity contribution in [1.29, 1.82) is 0 Å². The monoisotopic (exact) mass is 402 g/mol. The van der Waals surface area contributed by atoms with Crippen LogP contribution < -0.4 is 10.6 Å². The highest BCUT2D eigenvalue weighted by molar-refractivity contribution is 5.86. The summed E-state index contributed by atoms with van der Waals surface area (Å²) in [5.74, 6) is -1.61. The molecule has 0 saturated carbocycles. The van der Waals surface area contributed by atoms with Gasteiger partial charge in [0.05, 0.1) is 25.0 Å². The molecule has 1 aliphatic heterocycles. The van der Waals surface area contributed by atoms with Gasteiger partial charge >= 0.3 is 5.97 Å². The van der Waals surface area contributed by atoms with Crippen LogP contribution in [-0.2, 0) is 25.5 Å². The number of esters is 1. The van der Waals surface area contributed by atoms with E-state index >= 15 is 0 Å². The molecule has 1 heterocycles. The maximum atomic E-state index is 12.4. The minimum absolute atomic E-state index is 0.0355. The first kappa shape index (κ1) is 22.6. The van der Waals surface area contributed by atoms with Gasteiger partial charge in [0.1, 0.15) is 6.61 Å². The number of amides is 2. The quantitative estimate of drug-likeness (QED) is 0.492. The molecule has 0 aliphatic carbocycles. The Labute approximate surface area is 171 Å². The second-order valence-electron chi connectivity index (χ2n) is 7.34. The van der Waals surface area contributed by atoms with Gasteiger partial charge in [-0.25, -0.2) is 0 Å². The van der Waals surface area contributed by atoms with E-state index in [4.69, 9.17) is 9.84 Å². The minimum atomic E-state index is -0.514. The fourth-order valence-electron chi connectivity index (χ4n) is 3.16. The summed E-state index contributed by atoms with van der Waals surface area (Å²) < 4.78 is 5.34. The molecule has 0 bridgehead atoms. The third-order valence-electron chi connectivity index (χ3n) is 4.80. The predicted molar refractivity (Wildman–Crippen MR) is 109 cm³/mol. The maximum absolute atomic E-state index is 12.4. The topological polar surface area (TPSA) is 105 Å². The Morgan fingerprint density at radius 2 is 1.90 bits per heavy atom. The summed E-state index contributed by atoms with van der Waals surface area (Å²) in [4.78, 5) is 36.9. The molecule has 3 atom stereocenters. The van der Waals surface area contributed by atoms with E-state index in [1.54, 1.807) is 6.92 Å². The van der Waals surface area contributed by atoms with Gasteiger partial charge in [0, 0.05) is 12.5 Å². The van der Waals surface area contributed by atoms with Crippen LogP contribution in [0.25, 0.3) is 0 Å². The molecular formula is C22H30N2O5. The van der Waals surface area contributed by atoms with Crippen molar-refractivity contribution in [2.24, 2.45) is 11.8 Å². The number of hydrogen-bond acceptors (Lipinski definition) is 5. The summed E-state index contributed by atoms with van der Waals surface area (Å²) in [5.41, 5.74) is 1.07. The van der Waals surface area contributed by atoms with Gasteiger partial charge in [0.15, 0.2) is 0 Å². The number of ether oxygens (including phenoxy) is 1. The van der Waals surface area contributed by atoms with E-state index in [1.807, 2.05) is 42.5 Å². The maximum Gasteiger partial charge on any atom is 0.309 e. The van der Waals surface area contributed by atoms with Gasteiger partial charge < -0.3 is 20.5 Å². The average Bonchev–Trinajstić information content (AvgIpc) is 2.71. The van der Waals surface area contributed by atoms with Gasteiger partial charge in [-0.15, -0.1) is 0 Å². The number of aliphatic hydroxyl groups is 1. The van der Waals surface area contributed by atoms with Crippen LogP contribution in [0.4, 0.5) is 0 Å². The third kappa shape index (κ3) is 8.07. The van der Waals surface area contributed by atoms with Crippen LogP contribution in [0.15, 0.2) is 42.5 Å². The van der Waals surface area contributed by atoms with E-state index < -0.39 is 5.92 Å². The molecule has 29 heavy (non-hydrogen) atoms. The Bertz CT molecular complexity index is 704. The fourth-order valence-corrected chi connectivity index (χ4v) is 3.16. The Morgan fingerprint density at radius 3 is 2.59 bits per heavy atom. The van der Waals surface area contributed by atoms with Gasteiger partial charge in [-0.2, -0.15) is 0 Å². The van der Waals surface area contributed by atoms with E-state index in [0.717, 1.165) is 5.56 Å². The molecule has 7 heteroatoms. The van der Waals surface area contributed by atoms with Crippen LogP contribution >= 0.6 is 0 Å². The Morgan fingerprint density at radius 1 is 1.21 bits per heavy atom. The van der Waals surface area contributed by atoms with Gasteiger partial charge in [0.25, 0.3) is 0 Å². The molecule has 0 saturated heterocycles.